The fourth-order valence-corrected chi connectivity index (χ4v) is 4.54. The lowest BCUT2D eigenvalue weighted by Gasteiger charge is -2.29. The third kappa shape index (κ3) is 4.58. The van der Waals surface area contributed by atoms with Crippen molar-refractivity contribution in [1.82, 2.24) is 9.38 Å². The first kappa shape index (κ1) is 21.4. The number of rotatable bonds is 5. The van der Waals surface area contributed by atoms with E-state index in [0.29, 0.717) is 28.2 Å². The van der Waals surface area contributed by atoms with Gasteiger partial charge in [-0.3, -0.25) is 9.52 Å². The summed E-state index contributed by atoms with van der Waals surface area (Å²) in [5, 5.41) is 0. The second-order valence-electron chi connectivity index (χ2n) is 7.98. The lowest BCUT2D eigenvalue weighted by atomic mass is 9.94. The third-order valence-electron chi connectivity index (χ3n) is 5.40. The monoisotopic (exact) mass is 451 g/mol. The molecule has 2 heterocycles. The van der Waals surface area contributed by atoms with Crippen molar-refractivity contribution in [3.05, 3.63) is 52.6 Å². The highest BCUT2D eigenvalue weighted by molar-refractivity contribution is 7.92. The van der Waals surface area contributed by atoms with Crippen molar-refractivity contribution in [3.8, 4) is 17.0 Å². The van der Waals surface area contributed by atoms with Crippen LogP contribution in [0.5, 0.6) is 5.75 Å². The van der Waals surface area contributed by atoms with E-state index >= 15 is 0 Å². The summed E-state index contributed by atoms with van der Waals surface area (Å²) < 4.78 is 60.7. The molecule has 31 heavy (non-hydrogen) atoms. The van der Waals surface area contributed by atoms with Crippen LogP contribution in [0.1, 0.15) is 31.2 Å². The number of hydrogen-bond acceptors (Lipinski definition) is 4. The Morgan fingerprint density at radius 2 is 1.94 bits per heavy atom. The molecule has 166 valence electrons. The SMILES string of the molecule is Cc1cc(-c2cc(NS(C)(=O)=O)ccc2OC2CCC(F)(F)CC2)n2cc[nH]c(=O)c12. The summed E-state index contributed by atoms with van der Waals surface area (Å²) in [5.41, 5.74) is 2.46. The summed E-state index contributed by atoms with van der Waals surface area (Å²) in [6, 6.07) is 6.62. The molecule has 3 aromatic rings. The molecule has 0 bridgehead atoms. The van der Waals surface area contributed by atoms with Crippen LogP contribution in [-0.4, -0.2) is 36.1 Å². The number of aromatic nitrogens is 2. The number of alkyl halides is 2. The molecule has 2 N–H and O–H groups in total. The zero-order chi connectivity index (χ0) is 22.4. The van der Waals surface area contributed by atoms with Crippen LogP contribution in [0, 0.1) is 6.92 Å². The average Bonchev–Trinajstić information content (AvgIpc) is 3.01. The molecule has 7 nitrogen and oxygen atoms in total. The molecule has 1 aromatic carbocycles. The lowest BCUT2D eigenvalue weighted by Crippen LogP contribution is -2.30. The van der Waals surface area contributed by atoms with Crippen LogP contribution >= 0.6 is 0 Å². The number of anilines is 1. The number of halogens is 2. The highest BCUT2D eigenvalue weighted by atomic mass is 32.2. The van der Waals surface area contributed by atoms with Crippen LogP contribution in [0.25, 0.3) is 16.8 Å². The number of benzene rings is 1. The van der Waals surface area contributed by atoms with E-state index in [2.05, 4.69) is 9.71 Å². The normalized spacial score (nSPS) is 17.0. The van der Waals surface area contributed by atoms with Gasteiger partial charge in [-0.2, -0.15) is 0 Å². The van der Waals surface area contributed by atoms with Gasteiger partial charge in [-0.1, -0.05) is 0 Å². The van der Waals surface area contributed by atoms with Crippen molar-refractivity contribution in [1.29, 1.82) is 0 Å². The van der Waals surface area contributed by atoms with Gasteiger partial charge in [0.05, 0.1) is 18.1 Å². The second kappa shape index (κ2) is 7.67. The van der Waals surface area contributed by atoms with Crippen molar-refractivity contribution in [2.45, 2.75) is 44.6 Å². The first-order valence-corrected chi connectivity index (χ1v) is 11.8. The molecule has 0 amide bonds. The van der Waals surface area contributed by atoms with Gasteiger partial charge in [0.15, 0.2) is 0 Å². The number of H-pyrrole nitrogens is 1. The van der Waals surface area contributed by atoms with E-state index in [1.165, 1.54) is 6.20 Å². The van der Waals surface area contributed by atoms with Gasteiger partial charge >= 0.3 is 0 Å². The first-order valence-electron chi connectivity index (χ1n) is 9.88. The van der Waals surface area contributed by atoms with Gasteiger partial charge in [0.1, 0.15) is 11.3 Å². The molecule has 4 rings (SSSR count). The predicted molar refractivity (Wildman–Crippen MR) is 114 cm³/mol. The molecule has 1 fully saturated rings. The average molecular weight is 451 g/mol. The van der Waals surface area contributed by atoms with Gasteiger partial charge in [-0.15, -0.1) is 0 Å². The van der Waals surface area contributed by atoms with Gasteiger partial charge < -0.3 is 14.1 Å². The van der Waals surface area contributed by atoms with Gasteiger partial charge in [-0.25, -0.2) is 17.2 Å². The molecule has 1 aliphatic carbocycles. The Labute approximate surface area is 178 Å². The van der Waals surface area contributed by atoms with E-state index in [1.54, 1.807) is 35.7 Å². The Kier molecular flexibility index (Phi) is 5.28. The fourth-order valence-electron chi connectivity index (χ4n) is 3.98. The number of ether oxygens (including phenoxy) is 1. The van der Waals surface area contributed by atoms with Crippen molar-refractivity contribution >= 4 is 21.2 Å². The smallest absolute Gasteiger partial charge is 0.272 e. The van der Waals surface area contributed by atoms with E-state index in [9.17, 15) is 22.0 Å². The van der Waals surface area contributed by atoms with Crippen molar-refractivity contribution in [3.63, 3.8) is 0 Å². The Morgan fingerprint density at radius 3 is 2.61 bits per heavy atom. The Morgan fingerprint density at radius 1 is 1.23 bits per heavy atom. The number of nitrogens with zero attached hydrogens (tertiary/aromatic N) is 1. The molecule has 1 saturated carbocycles. The molecule has 0 radical (unpaired) electrons. The molecule has 0 aliphatic heterocycles. The maximum absolute atomic E-state index is 13.5. The van der Waals surface area contributed by atoms with Gasteiger partial charge in [0.2, 0.25) is 15.9 Å². The summed E-state index contributed by atoms with van der Waals surface area (Å²) in [6.45, 7) is 1.80. The summed E-state index contributed by atoms with van der Waals surface area (Å²) in [7, 11) is -3.51. The number of fused-ring (bicyclic) bond motifs is 1. The largest absolute Gasteiger partial charge is 0.490 e. The van der Waals surface area contributed by atoms with Gasteiger partial charge in [0, 0.05) is 36.5 Å². The summed E-state index contributed by atoms with van der Waals surface area (Å²) >= 11 is 0. The minimum absolute atomic E-state index is 0.226. The zero-order valence-corrected chi connectivity index (χ0v) is 17.9. The van der Waals surface area contributed by atoms with E-state index in [0.717, 1.165) is 11.8 Å². The highest BCUT2D eigenvalue weighted by Gasteiger charge is 2.36. The topological polar surface area (TPSA) is 92.7 Å². The van der Waals surface area contributed by atoms with Crippen molar-refractivity contribution < 1.29 is 21.9 Å². The van der Waals surface area contributed by atoms with E-state index < -0.39 is 15.9 Å². The van der Waals surface area contributed by atoms with E-state index in [-0.39, 0.29) is 37.3 Å². The van der Waals surface area contributed by atoms with E-state index in [1.807, 2.05) is 6.07 Å². The minimum atomic E-state index is -3.51. The number of aromatic amines is 1. The highest BCUT2D eigenvalue weighted by Crippen LogP contribution is 2.39. The summed E-state index contributed by atoms with van der Waals surface area (Å²) in [5.74, 6) is -2.23. The number of nitrogens with one attached hydrogen (secondary N) is 2. The molecule has 0 unspecified atom stereocenters. The van der Waals surface area contributed by atoms with Crippen LogP contribution in [0.2, 0.25) is 0 Å². The molecule has 0 spiro atoms. The minimum Gasteiger partial charge on any atom is -0.490 e. The van der Waals surface area contributed by atoms with E-state index in [4.69, 9.17) is 4.74 Å². The molecule has 10 heteroatoms. The maximum Gasteiger partial charge on any atom is 0.272 e. The summed E-state index contributed by atoms with van der Waals surface area (Å²) in [4.78, 5) is 14.9. The Hall–Kier alpha value is -2.88. The zero-order valence-electron chi connectivity index (χ0n) is 17.1. The lowest BCUT2D eigenvalue weighted by molar-refractivity contribution is -0.0581. The molecule has 1 aliphatic rings. The molecule has 0 saturated heterocycles. The first-order chi connectivity index (χ1) is 14.5. The fraction of sp³-hybridized carbons (Fsp3) is 0.381. The Balaban J connectivity index is 1.80. The number of aryl methyl sites for hydroxylation is 1. The van der Waals surface area contributed by atoms with Gasteiger partial charge in [-0.05, 0) is 49.6 Å². The molecular weight excluding hydrogens is 428 g/mol. The predicted octanol–water partition coefficient (Wildman–Crippen LogP) is 3.93. The third-order valence-corrected chi connectivity index (χ3v) is 6.00. The molecular formula is C21H23F2N3O4S. The second-order valence-corrected chi connectivity index (χ2v) is 9.73. The van der Waals surface area contributed by atoms with Gasteiger partial charge in [0.25, 0.3) is 5.56 Å². The standard InChI is InChI=1S/C21H23F2N3O4S/c1-13-11-17(26-10-9-24-20(27)19(13)26)16-12-14(25-31(2,28)29)3-4-18(16)30-15-5-7-21(22,23)8-6-15/h3-4,9-12,15,25H,5-8H2,1-2H3,(H,24,27). The van der Waals surface area contributed by atoms with Crippen LogP contribution in [0.3, 0.4) is 0 Å². The number of hydrogen-bond donors (Lipinski definition) is 2. The van der Waals surface area contributed by atoms with Crippen LogP contribution in [0.4, 0.5) is 14.5 Å². The van der Waals surface area contributed by atoms with Crippen molar-refractivity contribution in [2.24, 2.45) is 0 Å². The Bertz CT molecular complexity index is 1290. The maximum atomic E-state index is 13.5. The van der Waals surface area contributed by atoms with Crippen LogP contribution in [0.15, 0.2) is 41.5 Å². The van der Waals surface area contributed by atoms with Crippen LogP contribution in [-0.2, 0) is 10.0 Å². The van der Waals surface area contributed by atoms with Crippen molar-refractivity contribution in [2.75, 3.05) is 11.0 Å². The summed E-state index contributed by atoms with van der Waals surface area (Å²) in [6.07, 6.45) is 3.87. The molecule has 0 atom stereocenters. The van der Waals surface area contributed by atoms with Crippen LogP contribution < -0.4 is 15.0 Å². The molecule has 2 aromatic heterocycles. The quantitative estimate of drug-likeness (QED) is 0.615. The number of sulfonamides is 1.